The van der Waals surface area contributed by atoms with Crippen molar-refractivity contribution >= 4 is 11.5 Å². The molecule has 0 aliphatic heterocycles. The number of hydrogen-bond acceptors (Lipinski definition) is 5. The highest BCUT2D eigenvalue weighted by atomic mass is 32.1. The molecule has 0 bridgehead atoms. The van der Waals surface area contributed by atoms with Gasteiger partial charge in [0, 0.05) is 10.9 Å². The van der Waals surface area contributed by atoms with Crippen molar-refractivity contribution in [2.75, 3.05) is 0 Å². The maximum Gasteiger partial charge on any atom is 0.127 e. The fraction of sp³-hybridized carbons (Fsp3) is 0.143. The standard InChI is InChI=1S/C7H6N2O2S/c10-7(5-1-2-11-3-5)6-4-12-9-8-6/h1-4,7,10H. The van der Waals surface area contributed by atoms with E-state index in [9.17, 15) is 5.11 Å². The second-order valence-corrected chi connectivity index (χ2v) is 2.90. The molecule has 4 nitrogen and oxygen atoms in total. The Morgan fingerprint density at radius 1 is 1.58 bits per heavy atom. The minimum atomic E-state index is -0.720. The highest BCUT2D eigenvalue weighted by Crippen LogP contribution is 2.20. The Labute approximate surface area is 72.6 Å². The van der Waals surface area contributed by atoms with Gasteiger partial charge >= 0.3 is 0 Å². The van der Waals surface area contributed by atoms with Crippen molar-refractivity contribution in [1.29, 1.82) is 0 Å². The fourth-order valence-electron chi connectivity index (χ4n) is 0.892. The number of furan rings is 1. The Morgan fingerprint density at radius 2 is 2.50 bits per heavy atom. The molecule has 2 rings (SSSR count). The van der Waals surface area contributed by atoms with Crippen LogP contribution in [-0.4, -0.2) is 14.7 Å². The first-order valence-corrected chi connectivity index (χ1v) is 4.18. The van der Waals surface area contributed by atoms with E-state index in [1.54, 1.807) is 11.4 Å². The van der Waals surface area contributed by atoms with Gasteiger partial charge in [-0.2, -0.15) is 0 Å². The predicted octanol–water partition coefficient (Wildman–Crippen LogP) is 1.21. The van der Waals surface area contributed by atoms with E-state index in [1.807, 2.05) is 0 Å². The summed E-state index contributed by atoms with van der Waals surface area (Å²) in [6.07, 6.45) is 2.28. The molecule has 0 fully saturated rings. The van der Waals surface area contributed by atoms with E-state index in [-0.39, 0.29) is 0 Å². The Balaban J connectivity index is 2.27. The summed E-state index contributed by atoms with van der Waals surface area (Å²) in [5.41, 5.74) is 1.25. The van der Waals surface area contributed by atoms with E-state index in [0.717, 1.165) is 0 Å². The third-order valence-corrected chi connectivity index (χ3v) is 2.04. The zero-order chi connectivity index (χ0) is 8.39. The number of rotatable bonds is 2. The molecular formula is C7H6N2O2S. The van der Waals surface area contributed by atoms with Gasteiger partial charge in [0.15, 0.2) is 0 Å². The highest BCUT2D eigenvalue weighted by molar-refractivity contribution is 7.03. The monoisotopic (exact) mass is 182 g/mol. The maximum absolute atomic E-state index is 9.61. The second-order valence-electron chi connectivity index (χ2n) is 2.29. The number of hydrogen-bond donors (Lipinski definition) is 1. The first-order valence-electron chi connectivity index (χ1n) is 3.35. The molecule has 0 aromatic carbocycles. The van der Waals surface area contributed by atoms with Crippen molar-refractivity contribution in [1.82, 2.24) is 9.59 Å². The third-order valence-electron chi connectivity index (χ3n) is 1.52. The van der Waals surface area contributed by atoms with Crippen LogP contribution in [0.3, 0.4) is 0 Å². The smallest absolute Gasteiger partial charge is 0.127 e. The van der Waals surface area contributed by atoms with Crippen LogP contribution in [0.1, 0.15) is 17.4 Å². The number of aliphatic hydroxyl groups is 1. The van der Waals surface area contributed by atoms with Gasteiger partial charge in [0.2, 0.25) is 0 Å². The quantitative estimate of drug-likeness (QED) is 0.758. The predicted molar refractivity (Wildman–Crippen MR) is 42.7 cm³/mol. The summed E-state index contributed by atoms with van der Waals surface area (Å²) in [6.45, 7) is 0. The van der Waals surface area contributed by atoms with Crippen molar-refractivity contribution < 1.29 is 9.52 Å². The number of aromatic nitrogens is 2. The molecule has 0 saturated carbocycles. The molecule has 0 radical (unpaired) electrons. The summed E-state index contributed by atoms with van der Waals surface area (Å²) in [6, 6.07) is 1.70. The molecular weight excluding hydrogens is 176 g/mol. The van der Waals surface area contributed by atoms with Gasteiger partial charge in [0.25, 0.3) is 0 Å². The molecule has 1 atom stereocenters. The lowest BCUT2D eigenvalue weighted by Crippen LogP contribution is -1.97. The SMILES string of the molecule is OC(c1ccoc1)c1csnn1. The number of nitrogens with zero attached hydrogens (tertiary/aromatic N) is 2. The molecule has 0 spiro atoms. The van der Waals surface area contributed by atoms with E-state index in [1.165, 1.54) is 24.1 Å². The van der Waals surface area contributed by atoms with Gasteiger partial charge in [-0.25, -0.2) is 0 Å². The summed E-state index contributed by atoms with van der Waals surface area (Å²) in [5, 5.41) is 15.1. The molecule has 0 saturated heterocycles. The van der Waals surface area contributed by atoms with Crippen molar-refractivity contribution in [3.63, 3.8) is 0 Å². The molecule has 2 aromatic rings. The van der Waals surface area contributed by atoms with Gasteiger partial charge in [-0.3, -0.25) is 0 Å². The maximum atomic E-state index is 9.61. The van der Waals surface area contributed by atoms with Crippen LogP contribution in [0.5, 0.6) is 0 Å². The molecule has 2 aromatic heterocycles. The van der Waals surface area contributed by atoms with Crippen LogP contribution in [0.4, 0.5) is 0 Å². The van der Waals surface area contributed by atoms with Crippen LogP contribution < -0.4 is 0 Å². The molecule has 2 heterocycles. The highest BCUT2D eigenvalue weighted by Gasteiger charge is 2.13. The topological polar surface area (TPSA) is 59.2 Å². The van der Waals surface area contributed by atoms with Gasteiger partial charge in [0.05, 0.1) is 12.5 Å². The van der Waals surface area contributed by atoms with Gasteiger partial charge in [0.1, 0.15) is 11.8 Å². The largest absolute Gasteiger partial charge is 0.472 e. The average Bonchev–Trinajstić information content (AvgIpc) is 2.77. The van der Waals surface area contributed by atoms with E-state index in [0.29, 0.717) is 11.3 Å². The first-order chi connectivity index (χ1) is 5.88. The summed E-state index contributed by atoms with van der Waals surface area (Å²) in [5.74, 6) is 0. The second kappa shape index (κ2) is 3.04. The van der Waals surface area contributed by atoms with E-state index < -0.39 is 6.10 Å². The van der Waals surface area contributed by atoms with Crippen LogP contribution >= 0.6 is 11.5 Å². The molecule has 62 valence electrons. The lowest BCUT2D eigenvalue weighted by atomic mass is 10.1. The summed E-state index contributed by atoms with van der Waals surface area (Å²) in [7, 11) is 0. The Hall–Kier alpha value is -1.20. The normalized spacial score (nSPS) is 13.1. The Bertz CT molecular complexity index is 296. The van der Waals surface area contributed by atoms with Gasteiger partial charge in [-0.1, -0.05) is 4.49 Å². The lowest BCUT2D eigenvalue weighted by Gasteiger charge is -2.01. The minimum absolute atomic E-state index is 0.557. The third kappa shape index (κ3) is 1.24. The van der Waals surface area contributed by atoms with Crippen LogP contribution in [-0.2, 0) is 0 Å². The van der Waals surface area contributed by atoms with Crippen LogP contribution in [0.15, 0.2) is 28.4 Å². The van der Waals surface area contributed by atoms with Crippen LogP contribution in [0.2, 0.25) is 0 Å². The summed E-state index contributed by atoms with van der Waals surface area (Å²) in [4.78, 5) is 0. The van der Waals surface area contributed by atoms with Gasteiger partial charge in [-0.15, -0.1) is 5.10 Å². The Kier molecular flexibility index (Phi) is 1.89. The minimum Gasteiger partial charge on any atom is -0.472 e. The fourth-order valence-corrected chi connectivity index (χ4v) is 1.36. The number of aliphatic hydroxyl groups excluding tert-OH is 1. The van der Waals surface area contributed by atoms with E-state index in [4.69, 9.17) is 4.42 Å². The zero-order valence-electron chi connectivity index (χ0n) is 6.04. The molecule has 0 aliphatic carbocycles. The van der Waals surface area contributed by atoms with Crippen molar-refractivity contribution in [3.05, 3.63) is 35.2 Å². The molecule has 1 unspecified atom stereocenters. The van der Waals surface area contributed by atoms with Crippen molar-refractivity contribution in [2.24, 2.45) is 0 Å². The first kappa shape index (κ1) is 7.45. The molecule has 5 heteroatoms. The van der Waals surface area contributed by atoms with Crippen LogP contribution in [0, 0.1) is 0 Å². The Morgan fingerprint density at radius 3 is 3.08 bits per heavy atom. The lowest BCUT2D eigenvalue weighted by molar-refractivity contribution is 0.214. The molecule has 0 amide bonds. The van der Waals surface area contributed by atoms with Crippen LogP contribution in [0.25, 0.3) is 0 Å². The molecule has 12 heavy (non-hydrogen) atoms. The average molecular weight is 182 g/mol. The van der Waals surface area contributed by atoms with E-state index >= 15 is 0 Å². The van der Waals surface area contributed by atoms with E-state index in [2.05, 4.69) is 9.59 Å². The van der Waals surface area contributed by atoms with Gasteiger partial charge in [-0.05, 0) is 17.6 Å². The van der Waals surface area contributed by atoms with Crippen molar-refractivity contribution in [3.8, 4) is 0 Å². The summed E-state index contributed by atoms with van der Waals surface area (Å²) < 4.78 is 8.48. The molecule has 0 aliphatic rings. The van der Waals surface area contributed by atoms with Gasteiger partial charge < -0.3 is 9.52 Å². The van der Waals surface area contributed by atoms with Crippen molar-refractivity contribution in [2.45, 2.75) is 6.10 Å². The summed E-state index contributed by atoms with van der Waals surface area (Å²) >= 11 is 1.21. The zero-order valence-corrected chi connectivity index (χ0v) is 6.86. The molecule has 1 N–H and O–H groups in total.